The second kappa shape index (κ2) is 4.48. The third-order valence-corrected chi connectivity index (χ3v) is 6.12. The number of rotatable bonds is 3. The molecule has 92 valence electrons. The number of aryl methyl sites for hydroxylation is 1. The van der Waals surface area contributed by atoms with Gasteiger partial charge in [-0.1, -0.05) is 31.9 Å². The van der Waals surface area contributed by atoms with E-state index in [1.165, 1.54) is 4.88 Å². The summed E-state index contributed by atoms with van der Waals surface area (Å²) in [5.41, 5.74) is 2.15. The summed E-state index contributed by atoms with van der Waals surface area (Å²) in [5, 5.41) is 3.97. The van der Waals surface area contributed by atoms with Gasteiger partial charge in [-0.2, -0.15) is 5.10 Å². The van der Waals surface area contributed by atoms with Crippen LogP contribution in [-0.2, 0) is 4.79 Å². The second-order valence-corrected chi connectivity index (χ2v) is 9.45. The Labute approximate surface area is 121 Å². The van der Waals surface area contributed by atoms with Crippen molar-refractivity contribution in [2.24, 2.45) is 10.5 Å². The number of hydrazone groups is 1. The van der Waals surface area contributed by atoms with Crippen LogP contribution in [0.1, 0.15) is 23.1 Å². The van der Waals surface area contributed by atoms with Gasteiger partial charge in [0.1, 0.15) is 0 Å². The second-order valence-electron chi connectivity index (χ2n) is 4.36. The highest BCUT2D eigenvalue weighted by molar-refractivity contribution is 9.25. The van der Waals surface area contributed by atoms with E-state index in [1.807, 2.05) is 26.0 Å². The van der Waals surface area contributed by atoms with Crippen LogP contribution in [0.25, 0.3) is 0 Å². The van der Waals surface area contributed by atoms with Crippen LogP contribution in [0.3, 0.4) is 0 Å². The number of halogens is 2. The Bertz CT molecular complexity index is 484. The molecule has 1 unspecified atom stereocenters. The summed E-state index contributed by atoms with van der Waals surface area (Å²) >= 11 is 8.55. The first-order valence-electron chi connectivity index (χ1n) is 5.13. The maximum absolute atomic E-state index is 11.9. The predicted molar refractivity (Wildman–Crippen MR) is 78.1 cm³/mol. The number of hydrogen-bond donors (Lipinski definition) is 1. The maximum atomic E-state index is 11.9. The molecule has 0 saturated heterocycles. The van der Waals surface area contributed by atoms with E-state index in [2.05, 4.69) is 42.4 Å². The van der Waals surface area contributed by atoms with Crippen LogP contribution in [0, 0.1) is 12.3 Å². The van der Waals surface area contributed by atoms with Gasteiger partial charge in [-0.15, -0.1) is 11.3 Å². The van der Waals surface area contributed by atoms with Crippen molar-refractivity contribution in [3.63, 3.8) is 0 Å². The molecule has 1 N–H and O–H groups in total. The van der Waals surface area contributed by atoms with Crippen molar-refractivity contribution in [2.75, 3.05) is 0 Å². The largest absolute Gasteiger partial charge is 0.272 e. The third kappa shape index (κ3) is 2.63. The Hall–Kier alpha value is -0.200. The van der Waals surface area contributed by atoms with Gasteiger partial charge in [-0.25, -0.2) is 5.43 Å². The van der Waals surface area contributed by atoms with Gasteiger partial charge in [0.2, 0.25) is 5.91 Å². The molecule has 1 fully saturated rings. The highest BCUT2D eigenvalue weighted by Crippen LogP contribution is 2.66. The van der Waals surface area contributed by atoms with Gasteiger partial charge in [0, 0.05) is 9.75 Å². The van der Waals surface area contributed by atoms with E-state index in [9.17, 15) is 4.79 Å². The number of carbonyl (C=O) groups is 1. The van der Waals surface area contributed by atoms with Crippen LogP contribution in [0.5, 0.6) is 0 Å². The lowest BCUT2D eigenvalue weighted by atomic mass is 10.1. The summed E-state index contributed by atoms with van der Waals surface area (Å²) < 4.78 is -0.272. The SMILES string of the molecule is Cc1ccc(/C=N\NC(=O)C2(C)CC2(Br)Br)s1. The highest BCUT2D eigenvalue weighted by atomic mass is 79.9. The number of thiophene rings is 1. The summed E-state index contributed by atoms with van der Waals surface area (Å²) in [4.78, 5) is 14.1. The van der Waals surface area contributed by atoms with Crippen molar-refractivity contribution in [3.8, 4) is 0 Å². The minimum atomic E-state index is -0.421. The van der Waals surface area contributed by atoms with Gasteiger partial charge in [-0.05, 0) is 32.4 Å². The Morgan fingerprint density at radius 1 is 1.59 bits per heavy atom. The molecule has 1 aromatic rings. The monoisotopic (exact) mass is 378 g/mol. The molecule has 6 heteroatoms. The lowest BCUT2D eigenvalue weighted by Gasteiger charge is -2.09. The molecule has 3 nitrogen and oxygen atoms in total. The fourth-order valence-corrected chi connectivity index (χ4v) is 3.68. The molecule has 1 aromatic heterocycles. The van der Waals surface area contributed by atoms with Gasteiger partial charge < -0.3 is 0 Å². The molecule has 1 aliphatic rings. The van der Waals surface area contributed by atoms with Gasteiger partial charge >= 0.3 is 0 Å². The minimum Gasteiger partial charge on any atom is -0.272 e. The van der Waals surface area contributed by atoms with Crippen molar-refractivity contribution in [1.29, 1.82) is 0 Å². The lowest BCUT2D eigenvalue weighted by molar-refractivity contribution is -0.125. The first kappa shape index (κ1) is 13.2. The molecule has 0 spiro atoms. The van der Waals surface area contributed by atoms with E-state index in [-0.39, 0.29) is 9.14 Å². The van der Waals surface area contributed by atoms with Crippen molar-refractivity contribution in [3.05, 3.63) is 21.9 Å². The van der Waals surface area contributed by atoms with Gasteiger partial charge in [0.25, 0.3) is 0 Å². The molecule has 0 radical (unpaired) electrons. The number of carbonyl (C=O) groups excluding carboxylic acids is 1. The van der Waals surface area contributed by atoms with Crippen LogP contribution in [0.15, 0.2) is 17.2 Å². The van der Waals surface area contributed by atoms with E-state index >= 15 is 0 Å². The maximum Gasteiger partial charge on any atom is 0.248 e. The summed E-state index contributed by atoms with van der Waals surface area (Å²) in [6.45, 7) is 3.94. The summed E-state index contributed by atoms with van der Waals surface area (Å²) in [6.07, 6.45) is 2.44. The predicted octanol–water partition coefficient (Wildman–Crippen LogP) is 3.40. The van der Waals surface area contributed by atoms with Gasteiger partial charge in [0.15, 0.2) is 0 Å². The molecular weight excluding hydrogens is 368 g/mol. The minimum absolute atomic E-state index is 0.0734. The van der Waals surface area contributed by atoms with E-state index < -0.39 is 5.41 Å². The average molecular weight is 380 g/mol. The summed E-state index contributed by atoms with van der Waals surface area (Å²) in [7, 11) is 0. The van der Waals surface area contributed by atoms with E-state index in [0.29, 0.717) is 0 Å². The average Bonchev–Trinajstić information content (AvgIpc) is 2.58. The third-order valence-electron chi connectivity index (χ3n) is 2.88. The van der Waals surface area contributed by atoms with Crippen LogP contribution in [-0.4, -0.2) is 15.4 Å². The first-order chi connectivity index (χ1) is 7.85. The molecular formula is C11H12Br2N2OS. The first-order valence-corrected chi connectivity index (χ1v) is 7.53. The van der Waals surface area contributed by atoms with Crippen molar-refractivity contribution in [1.82, 2.24) is 5.43 Å². The standard InChI is InChI=1S/C11H12Br2N2OS/c1-7-3-4-8(17-7)5-14-15-9(16)10(2)6-11(10,12)13/h3-5H,6H2,1-2H3,(H,15,16)/b14-5-. The molecule has 0 aromatic carbocycles. The van der Waals surface area contributed by atoms with Gasteiger partial charge in [-0.3, -0.25) is 4.79 Å². The van der Waals surface area contributed by atoms with Crippen LogP contribution >= 0.6 is 43.2 Å². The zero-order valence-corrected chi connectivity index (χ0v) is 13.4. The normalized spacial score (nSPS) is 26.1. The molecule has 2 rings (SSSR count). The molecule has 0 aliphatic heterocycles. The zero-order valence-electron chi connectivity index (χ0n) is 9.46. The topological polar surface area (TPSA) is 41.5 Å². The van der Waals surface area contributed by atoms with Crippen LogP contribution in [0.4, 0.5) is 0 Å². The molecule has 1 amide bonds. The Balaban J connectivity index is 1.91. The van der Waals surface area contributed by atoms with Crippen LogP contribution < -0.4 is 5.43 Å². The van der Waals surface area contributed by atoms with Crippen LogP contribution in [0.2, 0.25) is 0 Å². The zero-order chi connectivity index (χ0) is 12.7. The fraction of sp³-hybridized carbons (Fsp3) is 0.455. The number of nitrogens with one attached hydrogen (secondary N) is 1. The molecule has 1 heterocycles. The lowest BCUT2D eigenvalue weighted by Crippen LogP contribution is -2.29. The Morgan fingerprint density at radius 3 is 2.71 bits per heavy atom. The quantitative estimate of drug-likeness (QED) is 0.488. The Morgan fingerprint density at radius 2 is 2.24 bits per heavy atom. The number of hydrogen-bond acceptors (Lipinski definition) is 3. The smallest absolute Gasteiger partial charge is 0.248 e. The van der Waals surface area contributed by atoms with Gasteiger partial charge in [0.05, 0.1) is 14.9 Å². The molecule has 1 aliphatic carbocycles. The van der Waals surface area contributed by atoms with E-state index in [4.69, 9.17) is 0 Å². The van der Waals surface area contributed by atoms with Crippen molar-refractivity contribution >= 4 is 55.3 Å². The molecule has 1 saturated carbocycles. The van der Waals surface area contributed by atoms with E-state index in [0.717, 1.165) is 11.3 Å². The van der Waals surface area contributed by atoms with Crippen molar-refractivity contribution < 1.29 is 4.79 Å². The highest BCUT2D eigenvalue weighted by Gasteiger charge is 2.66. The van der Waals surface area contributed by atoms with E-state index in [1.54, 1.807) is 17.6 Å². The number of amides is 1. The molecule has 0 bridgehead atoms. The number of nitrogens with zero attached hydrogens (tertiary/aromatic N) is 1. The summed E-state index contributed by atoms with van der Waals surface area (Å²) in [6, 6.07) is 4.01. The fourth-order valence-electron chi connectivity index (χ4n) is 1.45. The van der Waals surface area contributed by atoms with Crippen molar-refractivity contribution in [2.45, 2.75) is 23.5 Å². The molecule has 1 atom stereocenters. The number of alkyl halides is 2. The molecule has 17 heavy (non-hydrogen) atoms. The summed E-state index contributed by atoms with van der Waals surface area (Å²) in [5.74, 6) is -0.0734. The Kier molecular flexibility index (Phi) is 3.49.